The molecule has 0 bridgehead atoms. The van der Waals surface area contributed by atoms with Crippen molar-refractivity contribution in [2.45, 2.75) is 48.0 Å². The van der Waals surface area contributed by atoms with Crippen molar-refractivity contribution in [1.82, 2.24) is 9.29 Å². The number of fused-ring (bicyclic) bond motifs is 1. The summed E-state index contributed by atoms with van der Waals surface area (Å²) in [7, 11) is -6.95. The predicted molar refractivity (Wildman–Crippen MR) is 140 cm³/mol. The minimum atomic E-state index is -4.25. The molecule has 4 rings (SSSR count). The van der Waals surface area contributed by atoms with Crippen LogP contribution in [0, 0.1) is 6.92 Å². The van der Waals surface area contributed by atoms with Gasteiger partial charge in [0.2, 0.25) is 10.0 Å². The molecule has 1 N–H and O–H groups in total. The molecule has 8 nitrogen and oxygen atoms in total. The van der Waals surface area contributed by atoms with Crippen molar-refractivity contribution >= 4 is 31.7 Å². The lowest BCUT2D eigenvalue weighted by atomic mass is 9.92. The van der Waals surface area contributed by atoms with E-state index in [1.165, 1.54) is 37.4 Å². The Balaban J connectivity index is 1.66. The number of pyridine rings is 1. The molecular weight excluding hydrogens is 536 g/mol. The average molecular weight is 565 g/mol. The first-order chi connectivity index (χ1) is 17.4. The van der Waals surface area contributed by atoms with E-state index in [0.717, 1.165) is 40.3 Å². The molecule has 0 fully saturated rings. The molecule has 1 aliphatic rings. The fourth-order valence-corrected chi connectivity index (χ4v) is 7.06. The van der Waals surface area contributed by atoms with Crippen LogP contribution in [0.25, 0.3) is 0 Å². The van der Waals surface area contributed by atoms with Crippen molar-refractivity contribution in [2.75, 3.05) is 20.2 Å². The Kier molecular flexibility index (Phi) is 8.08. The molecule has 0 radical (unpaired) electrons. The number of nitrogens with zero attached hydrogens (tertiary/aromatic N) is 2. The lowest BCUT2D eigenvalue weighted by Crippen LogP contribution is -2.46. The first-order valence-corrected chi connectivity index (χ1v) is 15.0. The van der Waals surface area contributed by atoms with Gasteiger partial charge in [-0.05, 0) is 74.1 Å². The van der Waals surface area contributed by atoms with E-state index in [-0.39, 0.29) is 20.6 Å². The van der Waals surface area contributed by atoms with Gasteiger partial charge >= 0.3 is 0 Å². The highest BCUT2D eigenvalue weighted by Gasteiger charge is 2.39. The molecule has 198 valence electrons. The molecule has 0 aliphatic heterocycles. The van der Waals surface area contributed by atoms with Gasteiger partial charge in [0.05, 0.1) is 22.0 Å². The van der Waals surface area contributed by atoms with Crippen molar-refractivity contribution in [3.63, 3.8) is 0 Å². The molecule has 0 saturated carbocycles. The number of aromatic nitrogens is 1. The molecule has 0 spiro atoms. The van der Waals surface area contributed by atoms with Gasteiger partial charge in [0.25, 0.3) is 10.1 Å². The zero-order valence-electron chi connectivity index (χ0n) is 20.6. The minimum Gasteiger partial charge on any atom is -0.380 e. The maximum Gasteiger partial charge on any atom is 0.297 e. The Labute approximate surface area is 223 Å². The highest BCUT2D eigenvalue weighted by molar-refractivity contribution is 7.89. The molecular formula is C26H29ClN2O6S2. The van der Waals surface area contributed by atoms with E-state index in [1.54, 1.807) is 24.3 Å². The van der Waals surface area contributed by atoms with Crippen molar-refractivity contribution in [3.05, 3.63) is 88.2 Å². The number of halogens is 1. The van der Waals surface area contributed by atoms with Crippen molar-refractivity contribution in [1.29, 1.82) is 0 Å². The van der Waals surface area contributed by atoms with Gasteiger partial charge in [-0.15, -0.1) is 0 Å². The van der Waals surface area contributed by atoms with Gasteiger partial charge < -0.3 is 5.11 Å². The monoisotopic (exact) mass is 564 g/mol. The summed E-state index contributed by atoms with van der Waals surface area (Å²) < 4.78 is 59.2. The number of benzene rings is 2. The maximum atomic E-state index is 13.6. The third-order valence-corrected chi connectivity index (χ3v) is 9.86. The summed E-state index contributed by atoms with van der Waals surface area (Å²) in [5, 5.41) is 11.7. The summed E-state index contributed by atoms with van der Waals surface area (Å²) in [6.45, 7) is 0.528. The third kappa shape index (κ3) is 6.05. The number of aliphatic hydroxyl groups is 1. The lowest BCUT2D eigenvalue weighted by Gasteiger charge is -2.32. The van der Waals surface area contributed by atoms with Gasteiger partial charge in [-0.3, -0.25) is 4.18 Å². The number of sulfonamides is 1. The van der Waals surface area contributed by atoms with E-state index in [2.05, 4.69) is 4.98 Å². The molecule has 2 aromatic carbocycles. The Morgan fingerprint density at radius 1 is 1.00 bits per heavy atom. The number of aryl methyl sites for hydroxylation is 2. The first kappa shape index (κ1) is 27.7. The van der Waals surface area contributed by atoms with Crippen LogP contribution in [0.1, 0.15) is 35.2 Å². The largest absolute Gasteiger partial charge is 0.380 e. The summed E-state index contributed by atoms with van der Waals surface area (Å²) in [4.78, 5) is 4.22. The Bertz CT molecular complexity index is 1490. The smallest absolute Gasteiger partial charge is 0.297 e. The van der Waals surface area contributed by atoms with E-state index in [4.69, 9.17) is 15.8 Å². The van der Waals surface area contributed by atoms with Crippen molar-refractivity contribution < 1.29 is 26.1 Å². The SMILES string of the molecule is Cc1ccc(S(=O)(=O)OCC(O)(CN(C)S(=O)(=O)c2cccc3c2CCCC3)c2cccc(Cl)n2)cc1. The van der Waals surface area contributed by atoms with Crippen LogP contribution in [0.4, 0.5) is 0 Å². The predicted octanol–water partition coefficient (Wildman–Crippen LogP) is 3.84. The number of likely N-dealkylation sites (N-methyl/N-ethyl adjacent to an activating group) is 1. The van der Waals surface area contributed by atoms with Gasteiger partial charge in [0, 0.05) is 7.05 Å². The van der Waals surface area contributed by atoms with Gasteiger partial charge in [-0.2, -0.15) is 12.7 Å². The molecule has 1 heterocycles. The lowest BCUT2D eigenvalue weighted by molar-refractivity contribution is -0.0216. The normalized spacial score (nSPS) is 15.8. The second kappa shape index (κ2) is 10.8. The number of hydrogen-bond donors (Lipinski definition) is 1. The Morgan fingerprint density at radius 2 is 1.68 bits per heavy atom. The second-order valence-corrected chi connectivity index (χ2v) is 13.3. The van der Waals surface area contributed by atoms with Gasteiger partial charge in [0.1, 0.15) is 17.4 Å². The van der Waals surface area contributed by atoms with Crippen molar-refractivity contribution in [3.8, 4) is 0 Å². The Morgan fingerprint density at radius 3 is 2.38 bits per heavy atom. The molecule has 37 heavy (non-hydrogen) atoms. The highest BCUT2D eigenvalue weighted by atomic mass is 35.5. The number of rotatable bonds is 9. The molecule has 11 heteroatoms. The maximum absolute atomic E-state index is 13.6. The topological polar surface area (TPSA) is 114 Å². The van der Waals surface area contributed by atoms with E-state index < -0.39 is 38.9 Å². The van der Waals surface area contributed by atoms with E-state index >= 15 is 0 Å². The Hall–Kier alpha value is -2.34. The molecule has 1 aromatic heterocycles. The molecule has 0 saturated heterocycles. The van der Waals surface area contributed by atoms with Crippen LogP contribution in [0.5, 0.6) is 0 Å². The zero-order valence-corrected chi connectivity index (χ0v) is 23.0. The van der Waals surface area contributed by atoms with E-state index in [0.29, 0.717) is 6.42 Å². The van der Waals surface area contributed by atoms with Crippen LogP contribution in [-0.2, 0) is 42.8 Å². The van der Waals surface area contributed by atoms with Crippen molar-refractivity contribution in [2.24, 2.45) is 0 Å². The number of hydrogen-bond acceptors (Lipinski definition) is 7. The van der Waals surface area contributed by atoms with Crippen LogP contribution in [0.15, 0.2) is 70.5 Å². The molecule has 1 aliphatic carbocycles. The summed E-state index contributed by atoms with van der Waals surface area (Å²) in [5.41, 5.74) is 0.507. The third-order valence-electron chi connectivity index (χ3n) is 6.48. The van der Waals surface area contributed by atoms with Crippen LogP contribution >= 0.6 is 11.6 Å². The van der Waals surface area contributed by atoms with Gasteiger partial charge in [0.15, 0.2) is 0 Å². The fourth-order valence-electron chi connectivity index (χ4n) is 4.43. The quantitative estimate of drug-likeness (QED) is 0.310. The summed E-state index contributed by atoms with van der Waals surface area (Å²) in [5.74, 6) is 0. The van der Waals surface area contributed by atoms with E-state index in [1.807, 2.05) is 13.0 Å². The molecule has 3 aromatic rings. The average Bonchev–Trinajstić information content (AvgIpc) is 2.87. The molecule has 0 amide bonds. The van der Waals surface area contributed by atoms with E-state index in [9.17, 15) is 21.9 Å². The van der Waals surface area contributed by atoms with Crippen LogP contribution in [0.2, 0.25) is 5.15 Å². The summed E-state index contributed by atoms with van der Waals surface area (Å²) in [6.07, 6.45) is 3.35. The summed E-state index contributed by atoms with van der Waals surface area (Å²) >= 11 is 6.04. The summed E-state index contributed by atoms with van der Waals surface area (Å²) in [6, 6.07) is 15.7. The molecule has 1 unspecified atom stereocenters. The standard InChI is InChI=1S/C26H29ClN2O6S2/c1-19-13-15-21(16-14-19)37(33,34)35-18-26(30,24-11-6-12-25(27)28-24)17-29(2)36(31,32)23-10-5-8-20-7-3-4-9-22(20)23/h5-6,8,10-16,30H,3-4,7,9,17-18H2,1-2H3. The van der Waals surface area contributed by atoms with Gasteiger partial charge in [-0.25, -0.2) is 13.4 Å². The first-order valence-electron chi connectivity index (χ1n) is 11.8. The second-order valence-electron chi connectivity index (χ2n) is 9.27. The molecule has 1 atom stereocenters. The van der Waals surface area contributed by atoms with Crippen LogP contribution in [-0.4, -0.2) is 51.4 Å². The zero-order chi connectivity index (χ0) is 26.8. The highest BCUT2D eigenvalue weighted by Crippen LogP contribution is 2.31. The fraction of sp³-hybridized carbons (Fsp3) is 0.346. The van der Waals surface area contributed by atoms with Crippen LogP contribution < -0.4 is 0 Å². The van der Waals surface area contributed by atoms with Gasteiger partial charge in [-0.1, -0.05) is 47.5 Å². The van der Waals surface area contributed by atoms with Crippen LogP contribution in [0.3, 0.4) is 0 Å². The minimum absolute atomic E-state index is 0.0174.